The number of aliphatic hydroxyl groups excluding tert-OH is 1. The van der Waals surface area contributed by atoms with Crippen molar-refractivity contribution >= 4 is 0 Å². The van der Waals surface area contributed by atoms with Crippen LogP contribution in [0, 0.1) is 11.8 Å². The molecule has 0 aliphatic carbocycles. The van der Waals surface area contributed by atoms with Gasteiger partial charge in [0.15, 0.2) is 0 Å². The third kappa shape index (κ3) is 2.70. The number of ether oxygens (including phenoxy) is 2. The van der Waals surface area contributed by atoms with Crippen molar-refractivity contribution in [3.05, 3.63) is 18.4 Å². The van der Waals surface area contributed by atoms with Crippen molar-refractivity contribution in [1.29, 1.82) is 0 Å². The zero-order chi connectivity index (χ0) is 13.9. The third-order valence-corrected chi connectivity index (χ3v) is 3.57. The van der Waals surface area contributed by atoms with Crippen molar-refractivity contribution in [2.75, 3.05) is 7.11 Å². The van der Waals surface area contributed by atoms with Crippen LogP contribution in [0.1, 0.15) is 34.1 Å². The van der Waals surface area contributed by atoms with E-state index in [1.165, 1.54) is 0 Å². The first-order valence-corrected chi connectivity index (χ1v) is 6.64. The molecule has 18 heavy (non-hydrogen) atoms. The second kappa shape index (κ2) is 6.03. The summed E-state index contributed by atoms with van der Waals surface area (Å²) < 4.78 is 11.6. The Morgan fingerprint density at radius 3 is 2.44 bits per heavy atom. The molecule has 1 aliphatic heterocycles. The summed E-state index contributed by atoms with van der Waals surface area (Å²) in [7, 11) is 1.60. The standard InChI is InChI=1S/C15H26O3/c1-7-8-15(17-6)13(16)12(9-10(2)3)18-14(15)11(4)5/h8,10-14,16H,1,9H2,2-6H3/t12-,13-,14+,15-/m1/s1. The lowest BCUT2D eigenvalue weighted by Gasteiger charge is -2.33. The molecular weight excluding hydrogens is 228 g/mol. The maximum absolute atomic E-state index is 10.5. The number of hydrogen-bond donors (Lipinski definition) is 1. The van der Waals surface area contributed by atoms with E-state index in [-0.39, 0.29) is 18.1 Å². The van der Waals surface area contributed by atoms with Gasteiger partial charge in [0.1, 0.15) is 11.7 Å². The first kappa shape index (κ1) is 15.5. The van der Waals surface area contributed by atoms with Crippen molar-refractivity contribution in [3.63, 3.8) is 0 Å². The molecule has 1 saturated heterocycles. The van der Waals surface area contributed by atoms with Crippen LogP contribution in [0.2, 0.25) is 0 Å². The monoisotopic (exact) mass is 254 g/mol. The summed E-state index contributed by atoms with van der Waals surface area (Å²) >= 11 is 0. The van der Waals surface area contributed by atoms with Gasteiger partial charge in [0, 0.05) is 7.11 Å². The first-order chi connectivity index (χ1) is 8.39. The Hall–Kier alpha value is -0.600. The van der Waals surface area contributed by atoms with Gasteiger partial charge in [-0.2, -0.15) is 0 Å². The maximum Gasteiger partial charge on any atom is 0.148 e. The van der Waals surface area contributed by atoms with Crippen LogP contribution in [0.25, 0.3) is 0 Å². The second-order valence-corrected chi connectivity index (χ2v) is 5.82. The zero-order valence-electron chi connectivity index (χ0n) is 12.1. The summed E-state index contributed by atoms with van der Waals surface area (Å²) in [5.41, 5.74) is 1.93. The lowest BCUT2D eigenvalue weighted by Crippen LogP contribution is -2.50. The fraction of sp³-hybridized carbons (Fsp3) is 0.800. The molecule has 1 heterocycles. The third-order valence-electron chi connectivity index (χ3n) is 3.57. The van der Waals surface area contributed by atoms with Crippen LogP contribution >= 0.6 is 0 Å². The molecule has 1 N–H and O–H groups in total. The van der Waals surface area contributed by atoms with E-state index >= 15 is 0 Å². The molecule has 0 spiro atoms. The van der Waals surface area contributed by atoms with Crippen molar-refractivity contribution in [2.45, 2.75) is 58.0 Å². The Labute approximate surface area is 110 Å². The summed E-state index contributed by atoms with van der Waals surface area (Å²) in [5, 5.41) is 10.5. The summed E-state index contributed by atoms with van der Waals surface area (Å²) in [6.07, 6.45) is 1.49. The Morgan fingerprint density at radius 1 is 1.44 bits per heavy atom. The van der Waals surface area contributed by atoms with Crippen molar-refractivity contribution in [1.82, 2.24) is 0 Å². The van der Waals surface area contributed by atoms with Gasteiger partial charge < -0.3 is 14.6 Å². The van der Waals surface area contributed by atoms with E-state index in [4.69, 9.17) is 9.47 Å². The van der Waals surface area contributed by atoms with E-state index in [1.807, 2.05) is 0 Å². The summed E-state index contributed by atoms with van der Waals surface area (Å²) in [4.78, 5) is 0. The number of methoxy groups -OCH3 is 1. The molecule has 1 aliphatic rings. The van der Waals surface area contributed by atoms with Gasteiger partial charge >= 0.3 is 0 Å². The fourth-order valence-electron chi connectivity index (χ4n) is 2.78. The summed E-state index contributed by atoms with van der Waals surface area (Å²) in [5.74, 6) is 0.721. The van der Waals surface area contributed by atoms with Gasteiger partial charge in [-0.15, -0.1) is 5.73 Å². The van der Waals surface area contributed by atoms with E-state index in [9.17, 15) is 5.11 Å². The van der Waals surface area contributed by atoms with Crippen LogP contribution in [0.5, 0.6) is 0 Å². The molecule has 0 saturated carbocycles. The van der Waals surface area contributed by atoms with Crippen LogP contribution in [0.15, 0.2) is 18.4 Å². The molecular formula is C15H26O3. The highest BCUT2D eigenvalue weighted by Gasteiger charge is 2.56. The van der Waals surface area contributed by atoms with Gasteiger partial charge in [-0.25, -0.2) is 0 Å². The SMILES string of the molecule is C=C=C[C@@]1(OC)[C@H](O)[C@@H](CC(C)C)O[C@H]1C(C)C. The predicted molar refractivity (Wildman–Crippen MR) is 72.4 cm³/mol. The van der Waals surface area contributed by atoms with Gasteiger partial charge in [0.25, 0.3) is 0 Å². The van der Waals surface area contributed by atoms with Gasteiger partial charge in [-0.05, 0) is 24.3 Å². The minimum Gasteiger partial charge on any atom is -0.387 e. The quantitative estimate of drug-likeness (QED) is 0.766. The molecule has 0 aromatic carbocycles. The van der Waals surface area contributed by atoms with Gasteiger partial charge in [-0.3, -0.25) is 0 Å². The molecule has 0 aromatic heterocycles. The fourth-order valence-corrected chi connectivity index (χ4v) is 2.78. The predicted octanol–water partition coefficient (Wildman–Crippen LogP) is 2.54. The van der Waals surface area contributed by atoms with Crippen LogP contribution in [-0.4, -0.2) is 36.1 Å². The lowest BCUT2D eigenvalue weighted by atomic mass is 9.83. The smallest absolute Gasteiger partial charge is 0.148 e. The van der Waals surface area contributed by atoms with E-state index in [1.54, 1.807) is 13.2 Å². The molecule has 0 radical (unpaired) electrons. The van der Waals surface area contributed by atoms with E-state index in [2.05, 4.69) is 40.0 Å². The molecule has 1 rings (SSSR count). The lowest BCUT2D eigenvalue weighted by molar-refractivity contribution is -0.0846. The molecule has 4 atom stereocenters. The maximum atomic E-state index is 10.5. The highest BCUT2D eigenvalue weighted by molar-refractivity contribution is 5.16. The average molecular weight is 254 g/mol. The number of rotatable bonds is 5. The normalized spacial score (nSPS) is 36.1. The largest absolute Gasteiger partial charge is 0.387 e. The van der Waals surface area contributed by atoms with Crippen LogP contribution in [0.4, 0.5) is 0 Å². The molecule has 1 fully saturated rings. The Bertz CT molecular complexity index is 318. The van der Waals surface area contributed by atoms with Crippen LogP contribution in [-0.2, 0) is 9.47 Å². The van der Waals surface area contributed by atoms with Gasteiger partial charge in [0.2, 0.25) is 0 Å². The topological polar surface area (TPSA) is 38.7 Å². The highest BCUT2D eigenvalue weighted by Crippen LogP contribution is 2.40. The number of aliphatic hydroxyl groups is 1. The zero-order valence-corrected chi connectivity index (χ0v) is 12.1. The van der Waals surface area contributed by atoms with Crippen molar-refractivity contribution < 1.29 is 14.6 Å². The summed E-state index contributed by atoms with van der Waals surface area (Å²) in [6, 6.07) is 0. The minimum atomic E-state index is -0.824. The molecule has 0 unspecified atom stereocenters. The number of hydrogen-bond acceptors (Lipinski definition) is 3. The first-order valence-electron chi connectivity index (χ1n) is 6.64. The Kier molecular flexibility index (Phi) is 5.18. The van der Waals surface area contributed by atoms with E-state index in [0.29, 0.717) is 5.92 Å². The molecule has 104 valence electrons. The highest BCUT2D eigenvalue weighted by atomic mass is 16.6. The van der Waals surface area contributed by atoms with Gasteiger partial charge in [0.05, 0.1) is 12.2 Å². The molecule has 3 nitrogen and oxygen atoms in total. The molecule has 0 amide bonds. The molecule has 3 heteroatoms. The average Bonchev–Trinajstić information content (AvgIpc) is 2.55. The van der Waals surface area contributed by atoms with Gasteiger partial charge in [-0.1, -0.05) is 34.3 Å². The van der Waals surface area contributed by atoms with Crippen LogP contribution < -0.4 is 0 Å². The Morgan fingerprint density at radius 2 is 2.06 bits per heavy atom. The Balaban J connectivity index is 3.07. The second-order valence-electron chi connectivity index (χ2n) is 5.82. The minimum absolute atomic E-state index is 0.171. The van der Waals surface area contributed by atoms with Crippen molar-refractivity contribution in [3.8, 4) is 0 Å². The molecule has 0 aromatic rings. The van der Waals surface area contributed by atoms with Crippen LogP contribution in [0.3, 0.4) is 0 Å². The summed E-state index contributed by atoms with van der Waals surface area (Å²) in [6.45, 7) is 12.0. The van der Waals surface area contributed by atoms with Crippen molar-refractivity contribution in [2.24, 2.45) is 11.8 Å². The van der Waals surface area contributed by atoms with E-state index in [0.717, 1.165) is 6.42 Å². The molecule has 0 bridgehead atoms. The van der Waals surface area contributed by atoms with E-state index < -0.39 is 11.7 Å².